The Kier molecular flexibility index (Phi) is 6.11. The monoisotopic (exact) mass is 468 g/mol. The smallest absolute Gasteiger partial charge is 0.225 e. The van der Waals surface area contributed by atoms with Crippen molar-refractivity contribution in [3.05, 3.63) is 35.0 Å². The molecule has 1 N–H and O–H groups in total. The highest BCUT2D eigenvalue weighted by Gasteiger charge is 2.48. The molecular formula is C25H29FN4O2S. The number of hydrogen-bond donors (Lipinski definition) is 1. The maximum Gasteiger partial charge on any atom is 0.225 e. The number of alkyl halides is 1. The maximum absolute atomic E-state index is 14.4. The van der Waals surface area contributed by atoms with Crippen LogP contribution in [-0.2, 0) is 9.53 Å². The molecule has 8 heteroatoms. The van der Waals surface area contributed by atoms with Crippen molar-refractivity contribution in [3.8, 4) is 16.5 Å². The van der Waals surface area contributed by atoms with Gasteiger partial charge in [0, 0.05) is 30.6 Å². The predicted octanol–water partition coefficient (Wildman–Crippen LogP) is 4.35. The van der Waals surface area contributed by atoms with Gasteiger partial charge in [0.15, 0.2) is 0 Å². The minimum Gasteiger partial charge on any atom is -0.378 e. The van der Waals surface area contributed by atoms with E-state index in [0.29, 0.717) is 25.7 Å². The summed E-state index contributed by atoms with van der Waals surface area (Å²) in [4.78, 5) is 21.4. The van der Waals surface area contributed by atoms with Gasteiger partial charge in [-0.25, -0.2) is 9.37 Å². The fraction of sp³-hybridized carbons (Fsp3) is 0.560. The van der Waals surface area contributed by atoms with Gasteiger partial charge in [0.1, 0.15) is 11.7 Å². The maximum atomic E-state index is 14.4. The van der Waals surface area contributed by atoms with E-state index in [1.807, 2.05) is 6.92 Å². The number of carbonyl (C=O) groups is 1. The number of nitrogens with one attached hydrogen (secondary N) is 1. The van der Waals surface area contributed by atoms with Crippen LogP contribution < -0.4 is 10.2 Å². The fourth-order valence-corrected chi connectivity index (χ4v) is 6.00. The van der Waals surface area contributed by atoms with Crippen molar-refractivity contribution in [2.45, 2.75) is 56.7 Å². The van der Waals surface area contributed by atoms with Crippen molar-refractivity contribution in [1.29, 1.82) is 5.26 Å². The number of amides is 1. The zero-order chi connectivity index (χ0) is 23.0. The van der Waals surface area contributed by atoms with E-state index in [1.54, 1.807) is 11.3 Å². The molecule has 2 aliphatic carbocycles. The van der Waals surface area contributed by atoms with Crippen molar-refractivity contribution < 1.29 is 13.9 Å². The number of carbonyl (C=O) groups excluding carboxylic acids is 1. The summed E-state index contributed by atoms with van der Waals surface area (Å²) in [5.41, 5.74) is 2.39. The summed E-state index contributed by atoms with van der Waals surface area (Å²) in [5.74, 6) is -0.863. The van der Waals surface area contributed by atoms with Gasteiger partial charge in [-0.05, 0) is 56.7 Å². The Morgan fingerprint density at radius 2 is 2.00 bits per heavy atom. The van der Waals surface area contributed by atoms with Gasteiger partial charge < -0.3 is 15.0 Å². The number of anilines is 1. The molecule has 174 valence electrons. The Balaban J connectivity index is 1.42. The van der Waals surface area contributed by atoms with Crippen molar-refractivity contribution in [2.24, 2.45) is 5.92 Å². The van der Waals surface area contributed by atoms with Crippen LogP contribution in [0.1, 0.15) is 48.7 Å². The van der Waals surface area contributed by atoms with Gasteiger partial charge in [-0.15, -0.1) is 11.3 Å². The average molecular weight is 469 g/mol. The second-order valence-corrected chi connectivity index (χ2v) is 10.6. The quantitative estimate of drug-likeness (QED) is 0.706. The Bertz CT molecular complexity index is 1050. The molecule has 2 saturated carbocycles. The highest BCUT2D eigenvalue weighted by Crippen LogP contribution is 2.45. The van der Waals surface area contributed by atoms with Crippen molar-refractivity contribution in [2.75, 3.05) is 31.2 Å². The van der Waals surface area contributed by atoms with E-state index in [9.17, 15) is 14.4 Å². The Hall–Kier alpha value is -2.50. The number of rotatable bonds is 5. The lowest BCUT2D eigenvalue weighted by molar-refractivity contribution is -0.128. The molecule has 2 aromatic rings. The van der Waals surface area contributed by atoms with Crippen LogP contribution in [0.4, 0.5) is 10.1 Å². The largest absolute Gasteiger partial charge is 0.378 e. The van der Waals surface area contributed by atoms with E-state index < -0.39 is 17.6 Å². The number of halogens is 1. The predicted molar refractivity (Wildman–Crippen MR) is 126 cm³/mol. The summed E-state index contributed by atoms with van der Waals surface area (Å²) in [6, 6.07) is 10.7. The van der Waals surface area contributed by atoms with Crippen LogP contribution >= 0.6 is 11.3 Å². The summed E-state index contributed by atoms with van der Waals surface area (Å²) in [5, 5.41) is 13.2. The molecule has 0 bridgehead atoms. The third kappa shape index (κ3) is 4.62. The van der Waals surface area contributed by atoms with E-state index in [1.165, 1.54) is 5.69 Å². The highest BCUT2D eigenvalue weighted by atomic mass is 32.1. The number of aromatic nitrogens is 1. The van der Waals surface area contributed by atoms with E-state index in [-0.39, 0.29) is 18.2 Å². The zero-order valence-corrected chi connectivity index (χ0v) is 19.7. The molecule has 3 aliphatic rings. The lowest BCUT2D eigenvalue weighted by Crippen LogP contribution is -2.44. The van der Waals surface area contributed by atoms with Gasteiger partial charge in [-0.2, -0.15) is 5.26 Å². The minimum atomic E-state index is -0.995. The van der Waals surface area contributed by atoms with Crippen LogP contribution in [0.25, 0.3) is 10.4 Å². The molecule has 5 rings (SSSR count). The Morgan fingerprint density at radius 1 is 1.27 bits per heavy atom. The molecule has 1 amide bonds. The Labute approximate surface area is 197 Å². The molecule has 3 fully saturated rings. The first-order chi connectivity index (χ1) is 16.0. The molecule has 1 saturated heterocycles. The van der Waals surface area contributed by atoms with E-state index in [0.717, 1.165) is 47.4 Å². The standard InChI is InChI=1S/C25H29FN4O2S/c1-16-28-22(20-7-4-18(26)14-21(20)24(31)29-25(15-27)8-9-25)23(33-16)17-2-5-19(6-3-17)30-10-12-32-13-11-30/h2-3,5-6,18,20-21H,4,7-14H2,1H3,(H,29,31)/t18-,20+,21?/m0/s1. The fourth-order valence-electron chi connectivity index (χ4n) is 5.00. The van der Waals surface area contributed by atoms with Crippen molar-refractivity contribution in [1.82, 2.24) is 10.3 Å². The van der Waals surface area contributed by atoms with E-state index in [2.05, 4.69) is 40.6 Å². The summed E-state index contributed by atoms with van der Waals surface area (Å²) >= 11 is 1.62. The molecule has 1 aromatic heterocycles. The second-order valence-electron chi connectivity index (χ2n) is 9.40. The van der Waals surface area contributed by atoms with Gasteiger partial charge in [0.2, 0.25) is 5.91 Å². The third-order valence-corrected chi connectivity index (χ3v) is 8.10. The first-order valence-electron chi connectivity index (χ1n) is 11.8. The van der Waals surface area contributed by atoms with Crippen LogP contribution in [0.2, 0.25) is 0 Å². The number of morpholine rings is 1. The lowest BCUT2D eigenvalue weighted by Gasteiger charge is -2.32. The Morgan fingerprint density at radius 3 is 2.67 bits per heavy atom. The summed E-state index contributed by atoms with van der Waals surface area (Å²) < 4.78 is 19.8. The number of thiazole rings is 1. The van der Waals surface area contributed by atoms with Crippen LogP contribution in [0.15, 0.2) is 24.3 Å². The van der Waals surface area contributed by atoms with Gasteiger partial charge in [0.05, 0.1) is 34.9 Å². The van der Waals surface area contributed by atoms with Gasteiger partial charge in [0.25, 0.3) is 0 Å². The van der Waals surface area contributed by atoms with E-state index in [4.69, 9.17) is 9.72 Å². The first kappa shape index (κ1) is 22.3. The zero-order valence-electron chi connectivity index (χ0n) is 18.8. The number of benzene rings is 1. The number of aryl methyl sites for hydroxylation is 1. The van der Waals surface area contributed by atoms with Crippen molar-refractivity contribution >= 4 is 22.9 Å². The van der Waals surface area contributed by atoms with Crippen molar-refractivity contribution in [3.63, 3.8) is 0 Å². The number of ether oxygens (including phenoxy) is 1. The number of hydrogen-bond acceptors (Lipinski definition) is 6. The summed E-state index contributed by atoms with van der Waals surface area (Å²) in [6.45, 7) is 5.24. The summed E-state index contributed by atoms with van der Waals surface area (Å²) in [6.07, 6.45) is 1.55. The van der Waals surface area contributed by atoms with Gasteiger partial charge in [-0.1, -0.05) is 12.1 Å². The average Bonchev–Trinajstić information content (AvgIpc) is 3.51. The molecule has 2 heterocycles. The van der Waals surface area contributed by atoms with E-state index >= 15 is 0 Å². The molecule has 3 atom stereocenters. The highest BCUT2D eigenvalue weighted by molar-refractivity contribution is 7.15. The van der Waals surface area contributed by atoms with Gasteiger partial charge >= 0.3 is 0 Å². The molecule has 1 unspecified atom stereocenters. The molecule has 1 aliphatic heterocycles. The number of nitriles is 1. The summed E-state index contributed by atoms with van der Waals surface area (Å²) in [7, 11) is 0. The van der Waals surface area contributed by atoms with Crippen LogP contribution in [0.3, 0.4) is 0 Å². The van der Waals surface area contributed by atoms with Crippen LogP contribution in [0.5, 0.6) is 0 Å². The molecular weight excluding hydrogens is 439 g/mol. The molecule has 33 heavy (non-hydrogen) atoms. The normalized spacial score (nSPS) is 26.5. The molecule has 0 radical (unpaired) electrons. The molecule has 0 spiro atoms. The van der Waals surface area contributed by atoms with Gasteiger partial charge in [-0.3, -0.25) is 4.79 Å². The molecule has 6 nitrogen and oxygen atoms in total. The second kappa shape index (κ2) is 9.03. The molecule has 1 aromatic carbocycles. The van der Waals surface area contributed by atoms with Crippen LogP contribution in [-0.4, -0.2) is 48.9 Å². The number of nitrogens with zero attached hydrogens (tertiary/aromatic N) is 3. The third-order valence-electron chi connectivity index (χ3n) is 7.07. The first-order valence-corrected chi connectivity index (χ1v) is 12.6. The minimum absolute atomic E-state index is 0.148. The lowest BCUT2D eigenvalue weighted by atomic mass is 9.75. The topological polar surface area (TPSA) is 78.2 Å². The SMILES string of the molecule is Cc1nc([C@@H]2CC[C@H](F)CC2C(=O)NC2(C#N)CC2)c(-c2ccc(N3CCOCC3)cc2)s1. The van der Waals surface area contributed by atoms with Crippen LogP contribution in [0, 0.1) is 24.2 Å².